The summed E-state index contributed by atoms with van der Waals surface area (Å²) >= 11 is 0. The van der Waals surface area contributed by atoms with E-state index in [1.165, 1.54) is 25.7 Å². The van der Waals surface area contributed by atoms with E-state index in [1.807, 2.05) is 6.29 Å². The molecule has 2 nitrogen and oxygen atoms in total. The Morgan fingerprint density at radius 3 is 2.80 bits per heavy atom. The first kappa shape index (κ1) is 7.73. The maximum Gasteiger partial charge on any atom is 0.216 e. The van der Waals surface area contributed by atoms with Crippen LogP contribution in [0.25, 0.3) is 0 Å². The van der Waals surface area contributed by atoms with E-state index in [4.69, 9.17) is 0 Å². The first-order valence-corrected chi connectivity index (χ1v) is 4.04. The van der Waals surface area contributed by atoms with Crippen LogP contribution in [0.5, 0.6) is 0 Å². The lowest BCUT2D eigenvalue weighted by Gasteiger charge is -2.14. The van der Waals surface area contributed by atoms with Crippen LogP contribution in [0.4, 0.5) is 0 Å². The molecule has 1 aliphatic rings. The third-order valence-electron chi connectivity index (χ3n) is 1.95. The second-order valence-corrected chi connectivity index (χ2v) is 2.83. The van der Waals surface area contributed by atoms with Crippen LogP contribution in [0.2, 0.25) is 0 Å². The second-order valence-electron chi connectivity index (χ2n) is 2.83. The van der Waals surface area contributed by atoms with Gasteiger partial charge in [0.25, 0.3) is 0 Å². The average Bonchev–Trinajstić information content (AvgIpc) is 1.87. The highest BCUT2D eigenvalue weighted by Gasteiger charge is 2.08. The van der Waals surface area contributed by atoms with Gasteiger partial charge in [-0.3, -0.25) is 4.79 Å². The lowest BCUT2D eigenvalue weighted by Crippen LogP contribution is -2.32. The summed E-state index contributed by atoms with van der Waals surface area (Å²) in [6, 6.07) is 0.0142. The Hall–Kier alpha value is -0.370. The van der Waals surface area contributed by atoms with Gasteiger partial charge in [-0.05, 0) is 19.4 Å². The fraction of sp³-hybridized carbons (Fsp3) is 0.875. The van der Waals surface area contributed by atoms with E-state index in [1.54, 1.807) is 0 Å². The summed E-state index contributed by atoms with van der Waals surface area (Å²) in [4.78, 5) is 10.2. The van der Waals surface area contributed by atoms with E-state index < -0.39 is 0 Å². The molecule has 1 unspecified atom stereocenters. The molecule has 0 aliphatic carbocycles. The lowest BCUT2D eigenvalue weighted by molar-refractivity contribution is 0.452. The van der Waals surface area contributed by atoms with E-state index in [0.717, 1.165) is 13.0 Å². The summed E-state index contributed by atoms with van der Waals surface area (Å²) in [5, 5.41) is 3.15. The molecular formula is C8H14NO. The standard InChI is InChI=1S/C8H14NO/c10-7-8-5-3-1-2-4-6-9-8/h8-9H,1-6H2. The van der Waals surface area contributed by atoms with Gasteiger partial charge in [-0.2, -0.15) is 0 Å². The topological polar surface area (TPSA) is 29.1 Å². The predicted octanol–water partition coefficient (Wildman–Crippen LogP) is 1.02. The van der Waals surface area contributed by atoms with Crippen molar-refractivity contribution in [3.05, 3.63) is 0 Å². The van der Waals surface area contributed by atoms with Crippen LogP contribution in [-0.2, 0) is 4.79 Å². The maximum absolute atomic E-state index is 10.2. The molecule has 0 spiro atoms. The zero-order chi connectivity index (χ0) is 7.23. The molecule has 10 heavy (non-hydrogen) atoms. The summed E-state index contributed by atoms with van der Waals surface area (Å²) in [5.74, 6) is 0. The zero-order valence-electron chi connectivity index (χ0n) is 6.23. The van der Waals surface area contributed by atoms with Gasteiger partial charge >= 0.3 is 0 Å². The van der Waals surface area contributed by atoms with E-state index in [0.29, 0.717) is 0 Å². The van der Waals surface area contributed by atoms with Crippen molar-refractivity contribution in [2.75, 3.05) is 6.54 Å². The third-order valence-corrected chi connectivity index (χ3v) is 1.95. The number of carbonyl (C=O) groups excluding carboxylic acids is 1. The van der Waals surface area contributed by atoms with E-state index in [2.05, 4.69) is 5.32 Å². The lowest BCUT2D eigenvalue weighted by atomic mass is 10.1. The molecule has 1 N–H and O–H groups in total. The average molecular weight is 140 g/mol. The SMILES string of the molecule is O=[C]C1CCCCCCN1. The summed E-state index contributed by atoms with van der Waals surface area (Å²) in [5.41, 5.74) is 0. The normalized spacial score (nSPS) is 28.6. The van der Waals surface area contributed by atoms with Crippen molar-refractivity contribution in [1.82, 2.24) is 5.32 Å². The molecule has 0 amide bonds. The predicted molar refractivity (Wildman–Crippen MR) is 40.6 cm³/mol. The Balaban J connectivity index is 2.22. The van der Waals surface area contributed by atoms with Gasteiger partial charge in [-0.1, -0.05) is 19.3 Å². The Morgan fingerprint density at radius 2 is 2.00 bits per heavy atom. The monoisotopic (exact) mass is 140 g/mol. The van der Waals surface area contributed by atoms with Crippen LogP contribution in [0, 0.1) is 0 Å². The first-order valence-electron chi connectivity index (χ1n) is 4.04. The molecule has 0 saturated carbocycles. The molecule has 1 fully saturated rings. The van der Waals surface area contributed by atoms with Gasteiger partial charge < -0.3 is 5.32 Å². The number of rotatable bonds is 1. The highest BCUT2D eigenvalue weighted by molar-refractivity contribution is 5.58. The molecule has 0 aromatic carbocycles. The van der Waals surface area contributed by atoms with Crippen molar-refractivity contribution in [3.63, 3.8) is 0 Å². The van der Waals surface area contributed by atoms with Crippen molar-refractivity contribution >= 4 is 6.29 Å². The molecule has 0 aromatic rings. The number of hydrogen-bond donors (Lipinski definition) is 1. The van der Waals surface area contributed by atoms with Crippen LogP contribution in [0.3, 0.4) is 0 Å². The number of hydrogen-bond acceptors (Lipinski definition) is 2. The van der Waals surface area contributed by atoms with Crippen LogP contribution in [0.15, 0.2) is 0 Å². The molecule has 0 aromatic heterocycles. The molecule has 1 rings (SSSR count). The van der Waals surface area contributed by atoms with Crippen LogP contribution < -0.4 is 5.32 Å². The highest BCUT2D eigenvalue weighted by Crippen LogP contribution is 2.07. The quantitative estimate of drug-likeness (QED) is 0.589. The fourth-order valence-corrected chi connectivity index (χ4v) is 1.31. The van der Waals surface area contributed by atoms with Crippen molar-refractivity contribution in [2.45, 2.75) is 38.1 Å². The van der Waals surface area contributed by atoms with Gasteiger partial charge in [0.2, 0.25) is 6.29 Å². The van der Waals surface area contributed by atoms with Crippen LogP contribution in [-0.4, -0.2) is 18.9 Å². The summed E-state index contributed by atoms with van der Waals surface area (Å²) in [6.45, 7) is 0.986. The van der Waals surface area contributed by atoms with Gasteiger partial charge in [0.1, 0.15) is 0 Å². The van der Waals surface area contributed by atoms with Crippen molar-refractivity contribution in [1.29, 1.82) is 0 Å². The van der Waals surface area contributed by atoms with Gasteiger partial charge in [0.05, 0.1) is 6.04 Å². The van der Waals surface area contributed by atoms with Crippen molar-refractivity contribution < 1.29 is 4.79 Å². The molecule has 1 aliphatic heterocycles. The molecule has 1 saturated heterocycles. The Kier molecular flexibility index (Phi) is 3.44. The van der Waals surface area contributed by atoms with E-state index >= 15 is 0 Å². The Labute approximate surface area is 62.0 Å². The maximum atomic E-state index is 10.2. The van der Waals surface area contributed by atoms with Crippen LogP contribution >= 0.6 is 0 Å². The van der Waals surface area contributed by atoms with Gasteiger partial charge in [-0.25, -0.2) is 0 Å². The highest BCUT2D eigenvalue weighted by atomic mass is 16.1. The zero-order valence-corrected chi connectivity index (χ0v) is 6.23. The minimum Gasteiger partial charge on any atom is -0.307 e. The molecule has 1 atom stereocenters. The van der Waals surface area contributed by atoms with E-state index in [-0.39, 0.29) is 6.04 Å². The first-order chi connectivity index (χ1) is 4.93. The van der Waals surface area contributed by atoms with Crippen LogP contribution in [0.1, 0.15) is 32.1 Å². The van der Waals surface area contributed by atoms with Gasteiger partial charge in [-0.15, -0.1) is 0 Å². The minimum absolute atomic E-state index is 0.0142. The largest absolute Gasteiger partial charge is 0.307 e. The molecule has 0 bridgehead atoms. The van der Waals surface area contributed by atoms with Crippen molar-refractivity contribution in [3.8, 4) is 0 Å². The second kappa shape index (κ2) is 4.45. The van der Waals surface area contributed by atoms with E-state index in [9.17, 15) is 4.79 Å². The summed E-state index contributed by atoms with van der Waals surface area (Å²) in [6.07, 6.45) is 7.95. The molecule has 1 heterocycles. The minimum atomic E-state index is 0.0142. The van der Waals surface area contributed by atoms with Gasteiger partial charge in [0.15, 0.2) is 0 Å². The van der Waals surface area contributed by atoms with Crippen molar-refractivity contribution in [2.24, 2.45) is 0 Å². The Bertz CT molecular complexity index is 95.4. The molecule has 2 heteroatoms. The Morgan fingerprint density at radius 1 is 1.20 bits per heavy atom. The van der Waals surface area contributed by atoms with Gasteiger partial charge in [0, 0.05) is 0 Å². The molecule has 1 radical (unpaired) electrons. The third kappa shape index (κ3) is 2.48. The summed E-state index contributed by atoms with van der Waals surface area (Å²) < 4.78 is 0. The summed E-state index contributed by atoms with van der Waals surface area (Å²) in [7, 11) is 0. The molecular weight excluding hydrogens is 126 g/mol. The number of nitrogens with one attached hydrogen (secondary N) is 1. The fourth-order valence-electron chi connectivity index (χ4n) is 1.31. The smallest absolute Gasteiger partial charge is 0.216 e. The molecule has 57 valence electrons.